The summed E-state index contributed by atoms with van der Waals surface area (Å²) in [5.74, 6) is -2.24. The molecule has 0 unspecified atom stereocenters. The number of aryl methyl sites for hydroxylation is 2. The summed E-state index contributed by atoms with van der Waals surface area (Å²) in [6.07, 6.45) is 1.30. The summed E-state index contributed by atoms with van der Waals surface area (Å²) in [7, 11) is 0. The molecule has 0 atom stereocenters. The lowest BCUT2D eigenvalue weighted by Gasteiger charge is -2.08. The molecule has 150 valence electrons. The molecule has 0 aliphatic carbocycles. The summed E-state index contributed by atoms with van der Waals surface area (Å²) in [6, 6.07) is 8.27. The second-order valence-electron chi connectivity index (χ2n) is 6.06. The molecule has 0 saturated heterocycles. The van der Waals surface area contributed by atoms with Crippen LogP contribution in [0.25, 0.3) is 6.08 Å². The number of carboxylic acid groups (broad SMARTS) is 1. The minimum atomic E-state index is -1.15. The highest BCUT2D eigenvalue weighted by Crippen LogP contribution is 2.26. The number of hydrogen-bond acceptors (Lipinski definition) is 6. The molecule has 1 aromatic carbocycles. The molecular weight excluding hydrogens is 376 g/mol. The number of rotatable bonds is 8. The third-order valence-corrected chi connectivity index (χ3v) is 4.02. The molecule has 1 aromatic heterocycles. The predicted molar refractivity (Wildman–Crippen MR) is 104 cm³/mol. The van der Waals surface area contributed by atoms with Crippen molar-refractivity contribution < 1.29 is 29.0 Å². The van der Waals surface area contributed by atoms with Crippen LogP contribution in [0.4, 0.5) is 0 Å². The van der Waals surface area contributed by atoms with Gasteiger partial charge >= 0.3 is 11.9 Å². The van der Waals surface area contributed by atoms with E-state index in [0.717, 1.165) is 0 Å². The molecule has 0 spiro atoms. The molecule has 1 heterocycles. The molecule has 0 aliphatic rings. The van der Waals surface area contributed by atoms with Gasteiger partial charge in [0.25, 0.3) is 0 Å². The molecule has 0 radical (unpaired) electrons. The maximum absolute atomic E-state index is 13.1. The minimum absolute atomic E-state index is 0.0673. The van der Waals surface area contributed by atoms with E-state index in [-0.39, 0.29) is 29.1 Å². The quantitative estimate of drug-likeness (QED) is 0.303. The number of benzene rings is 1. The van der Waals surface area contributed by atoms with Gasteiger partial charge in [-0.25, -0.2) is 9.59 Å². The molecule has 0 bridgehead atoms. The van der Waals surface area contributed by atoms with E-state index in [0.29, 0.717) is 17.0 Å². The molecule has 8 nitrogen and oxygen atoms in total. The first-order valence-corrected chi connectivity index (χ1v) is 8.76. The minimum Gasteiger partial charge on any atom is -0.481 e. The first-order chi connectivity index (χ1) is 13.8. The molecule has 2 N–H and O–H groups in total. The van der Waals surface area contributed by atoms with Gasteiger partial charge in [0.2, 0.25) is 5.78 Å². The number of aliphatic carboxylic acids is 1. The van der Waals surface area contributed by atoms with Crippen LogP contribution in [0.5, 0.6) is 5.75 Å². The standard InChI is InChI=1S/C21H20N2O6/c1-4-28-21(27)19-13(3)23-12(2)18(19)20(26)15(10-22)9-14-7-5-6-8-16(14)29-11-17(24)25/h5-9,23H,4,11H2,1-3H3,(H,24,25). The topological polar surface area (TPSA) is 129 Å². The highest BCUT2D eigenvalue weighted by atomic mass is 16.5. The zero-order chi connectivity index (χ0) is 21.6. The first-order valence-electron chi connectivity index (χ1n) is 8.76. The van der Waals surface area contributed by atoms with Gasteiger partial charge in [-0.05, 0) is 32.9 Å². The number of Topliss-reactive ketones (excluding diaryl/α,β-unsaturated/α-hetero) is 1. The van der Waals surface area contributed by atoms with Gasteiger partial charge in [0.05, 0.1) is 17.7 Å². The Bertz CT molecular complexity index is 1030. The third kappa shape index (κ3) is 4.90. The molecule has 8 heteroatoms. The van der Waals surface area contributed by atoms with Crippen molar-refractivity contribution in [2.45, 2.75) is 20.8 Å². The second-order valence-corrected chi connectivity index (χ2v) is 6.06. The number of hydrogen-bond donors (Lipinski definition) is 2. The van der Waals surface area contributed by atoms with E-state index in [1.165, 1.54) is 12.1 Å². The molecule has 0 amide bonds. The summed E-state index contributed by atoms with van der Waals surface area (Å²) in [4.78, 5) is 39.1. The van der Waals surface area contributed by atoms with Gasteiger partial charge in [-0.3, -0.25) is 4.79 Å². The molecule has 0 saturated carbocycles. The van der Waals surface area contributed by atoms with Crippen LogP contribution < -0.4 is 4.74 Å². The number of ether oxygens (including phenoxy) is 2. The average Bonchev–Trinajstić information content (AvgIpc) is 2.98. The van der Waals surface area contributed by atoms with Crippen LogP contribution in [0.3, 0.4) is 0 Å². The lowest BCUT2D eigenvalue weighted by molar-refractivity contribution is -0.139. The van der Waals surface area contributed by atoms with Gasteiger partial charge in [0.15, 0.2) is 6.61 Å². The zero-order valence-corrected chi connectivity index (χ0v) is 16.2. The SMILES string of the molecule is CCOC(=O)c1c(C)[nH]c(C)c1C(=O)C(C#N)=Cc1ccccc1OCC(=O)O. The monoisotopic (exact) mass is 396 g/mol. The van der Waals surface area contributed by atoms with Gasteiger partial charge < -0.3 is 19.6 Å². The number of H-pyrrole nitrogens is 1. The number of esters is 1. The number of allylic oxidation sites excluding steroid dienone is 1. The van der Waals surface area contributed by atoms with Crippen LogP contribution in [0.2, 0.25) is 0 Å². The average molecular weight is 396 g/mol. The number of ketones is 1. The van der Waals surface area contributed by atoms with Gasteiger partial charge in [0.1, 0.15) is 17.4 Å². The molecule has 2 aromatic rings. The number of carbonyl (C=O) groups is 3. The molecule has 0 fully saturated rings. The Hall–Kier alpha value is -3.86. The number of nitrogens with one attached hydrogen (secondary N) is 1. The van der Waals surface area contributed by atoms with Crippen molar-refractivity contribution in [3.63, 3.8) is 0 Å². The molecule has 29 heavy (non-hydrogen) atoms. The van der Waals surface area contributed by atoms with E-state index in [1.807, 2.05) is 6.07 Å². The third-order valence-electron chi connectivity index (χ3n) is 4.02. The fourth-order valence-electron chi connectivity index (χ4n) is 2.83. The summed E-state index contributed by atoms with van der Waals surface area (Å²) in [5.41, 5.74) is 1.19. The summed E-state index contributed by atoms with van der Waals surface area (Å²) in [5, 5.41) is 18.4. The van der Waals surface area contributed by atoms with Crippen molar-refractivity contribution in [3.05, 3.63) is 57.9 Å². The van der Waals surface area contributed by atoms with Crippen LogP contribution in [0.1, 0.15) is 44.6 Å². The van der Waals surface area contributed by atoms with Crippen LogP contribution in [0.15, 0.2) is 29.8 Å². The van der Waals surface area contributed by atoms with Crippen LogP contribution >= 0.6 is 0 Å². The largest absolute Gasteiger partial charge is 0.481 e. The van der Waals surface area contributed by atoms with E-state index < -0.39 is 24.3 Å². The molecule has 2 rings (SSSR count). The zero-order valence-electron chi connectivity index (χ0n) is 16.2. The maximum Gasteiger partial charge on any atom is 0.341 e. The van der Waals surface area contributed by atoms with E-state index >= 15 is 0 Å². The van der Waals surface area contributed by atoms with E-state index in [1.54, 1.807) is 39.0 Å². The summed E-state index contributed by atoms with van der Waals surface area (Å²) < 4.78 is 10.2. The summed E-state index contributed by atoms with van der Waals surface area (Å²) >= 11 is 0. The number of aromatic nitrogens is 1. The van der Waals surface area contributed by atoms with Crippen molar-refractivity contribution >= 4 is 23.8 Å². The predicted octanol–water partition coefficient (Wildman–Crippen LogP) is 3.06. The lowest BCUT2D eigenvalue weighted by Crippen LogP contribution is -2.13. The normalized spacial score (nSPS) is 10.9. The second kappa shape index (κ2) is 9.37. The van der Waals surface area contributed by atoms with Gasteiger partial charge in [-0.15, -0.1) is 0 Å². The fraction of sp³-hybridized carbons (Fsp3) is 0.238. The number of aromatic amines is 1. The Morgan fingerprint density at radius 1 is 1.17 bits per heavy atom. The van der Waals surface area contributed by atoms with Crippen molar-refractivity contribution in [1.82, 2.24) is 4.98 Å². The first kappa shape index (κ1) is 21.4. The van der Waals surface area contributed by atoms with Gasteiger partial charge in [-0.2, -0.15) is 5.26 Å². The number of para-hydroxylation sites is 1. The van der Waals surface area contributed by atoms with Gasteiger partial charge in [-0.1, -0.05) is 18.2 Å². The number of nitriles is 1. The van der Waals surface area contributed by atoms with E-state index in [9.17, 15) is 19.6 Å². The van der Waals surface area contributed by atoms with E-state index in [4.69, 9.17) is 14.6 Å². The van der Waals surface area contributed by atoms with Crippen molar-refractivity contribution in [1.29, 1.82) is 5.26 Å². The number of nitrogens with zero attached hydrogens (tertiary/aromatic N) is 1. The van der Waals surface area contributed by atoms with Crippen LogP contribution in [-0.2, 0) is 9.53 Å². The smallest absolute Gasteiger partial charge is 0.341 e. The lowest BCUT2D eigenvalue weighted by atomic mass is 9.97. The highest BCUT2D eigenvalue weighted by Gasteiger charge is 2.27. The van der Waals surface area contributed by atoms with Crippen LogP contribution in [0, 0.1) is 25.2 Å². The van der Waals surface area contributed by atoms with Crippen molar-refractivity contribution in [3.8, 4) is 11.8 Å². The number of carboxylic acids is 1. The Balaban J connectivity index is 2.50. The highest BCUT2D eigenvalue weighted by molar-refractivity contribution is 6.19. The van der Waals surface area contributed by atoms with Crippen LogP contribution in [-0.4, -0.2) is 41.0 Å². The summed E-state index contributed by atoms with van der Waals surface area (Å²) in [6.45, 7) is 4.50. The molecular formula is C21H20N2O6. The Morgan fingerprint density at radius 2 is 1.83 bits per heavy atom. The maximum atomic E-state index is 13.1. The fourth-order valence-corrected chi connectivity index (χ4v) is 2.83. The van der Waals surface area contributed by atoms with Gasteiger partial charge in [0, 0.05) is 17.0 Å². The van der Waals surface area contributed by atoms with Crippen molar-refractivity contribution in [2.24, 2.45) is 0 Å². The molecule has 0 aliphatic heterocycles. The number of carbonyl (C=O) groups excluding carboxylic acids is 2. The Kier molecular flexibility index (Phi) is 6.93. The van der Waals surface area contributed by atoms with E-state index in [2.05, 4.69) is 4.98 Å². The van der Waals surface area contributed by atoms with Crippen molar-refractivity contribution in [2.75, 3.05) is 13.2 Å². The Labute approximate surface area is 167 Å². The Morgan fingerprint density at radius 3 is 2.45 bits per heavy atom.